The van der Waals surface area contributed by atoms with Crippen LogP contribution in [0.2, 0.25) is 0 Å². The van der Waals surface area contributed by atoms with E-state index in [9.17, 15) is 14.7 Å². The van der Waals surface area contributed by atoms with Crippen LogP contribution in [0, 0.1) is 0 Å². The number of nitrogens with one attached hydrogen (secondary N) is 2. The van der Waals surface area contributed by atoms with Gasteiger partial charge in [-0.3, -0.25) is 0 Å². The van der Waals surface area contributed by atoms with Gasteiger partial charge < -0.3 is 25.3 Å². The highest BCUT2D eigenvalue weighted by Crippen LogP contribution is 2.40. The largest absolute Gasteiger partial charge is 0.476 e. The molecule has 0 aliphatic rings. The Balaban J connectivity index is 1.55. The number of anilines is 1. The second-order valence-electron chi connectivity index (χ2n) is 10.4. The van der Waals surface area contributed by atoms with Crippen molar-refractivity contribution in [2.75, 3.05) is 18.5 Å². The van der Waals surface area contributed by atoms with Crippen LogP contribution in [0.3, 0.4) is 0 Å². The van der Waals surface area contributed by atoms with Crippen molar-refractivity contribution in [3.8, 4) is 0 Å². The minimum atomic E-state index is -1.26. The summed E-state index contributed by atoms with van der Waals surface area (Å²) < 4.78 is 5.18. The Bertz CT molecular complexity index is 1390. The third kappa shape index (κ3) is 7.73. The third-order valence-electron chi connectivity index (χ3n) is 6.10. The van der Waals surface area contributed by atoms with E-state index in [1.54, 1.807) is 26.2 Å². The highest BCUT2D eigenvalue weighted by molar-refractivity contribution is 7.14. The molecule has 0 aliphatic carbocycles. The minimum absolute atomic E-state index is 0.0982. The third-order valence-corrected chi connectivity index (χ3v) is 6.86. The van der Waals surface area contributed by atoms with Gasteiger partial charge in [-0.1, -0.05) is 96.2 Å². The fourth-order valence-corrected chi connectivity index (χ4v) is 5.08. The number of carboxylic acid groups (broad SMARTS) is 1. The van der Waals surface area contributed by atoms with Gasteiger partial charge in [0.25, 0.3) is 0 Å². The molecule has 3 aromatic carbocycles. The van der Waals surface area contributed by atoms with Crippen LogP contribution >= 0.6 is 11.3 Å². The number of aromatic nitrogens is 1. The number of aliphatic carboxylic acids is 1. The summed E-state index contributed by atoms with van der Waals surface area (Å²) >= 11 is 1.28. The lowest BCUT2D eigenvalue weighted by atomic mass is 9.77. The molecule has 0 spiro atoms. The minimum Gasteiger partial charge on any atom is -0.476 e. The van der Waals surface area contributed by atoms with Gasteiger partial charge in [0.2, 0.25) is 5.71 Å². The Kier molecular flexibility index (Phi) is 9.93. The molecule has 4 aromatic rings. The number of amides is 1. The van der Waals surface area contributed by atoms with Crippen molar-refractivity contribution in [3.63, 3.8) is 0 Å². The molecule has 1 aromatic heterocycles. The fourth-order valence-electron chi connectivity index (χ4n) is 4.33. The van der Waals surface area contributed by atoms with Gasteiger partial charge in [-0.15, -0.1) is 11.3 Å². The number of benzene rings is 3. The van der Waals surface area contributed by atoms with E-state index < -0.39 is 23.2 Å². The molecule has 10 heteroatoms. The Labute approximate surface area is 249 Å². The highest BCUT2D eigenvalue weighted by atomic mass is 32.1. The van der Waals surface area contributed by atoms with Gasteiger partial charge in [0.15, 0.2) is 5.13 Å². The lowest BCUT2D eigenvalue weighted by molar-refractivity contribution is -0.129. The number of oxime groups is 1. The topological polar surface area (TPSA) is 122 Å². The number of hydrogen-bond donors (Lipinski definition) is 3. The van der Waals surface area contributed by atoms with Crippen LogP contribution < -0.4 is 10.6 Å². The molecule has 0 atom stereocenters. The summed E-state index contributed by atoms with van der Waals surface area (Å²) in [5, 5.41) is 22.1. The molecular formula is C32H34N4O5S. The molecule has 0 aliphatic heterocycles. The Morgan fingerprint density at radius 3 is 1.88 bits per heavy atom. The first-order chi connectivity index (χ1) is 20.2. The normalized spacial score (nSPS) is 11.9. The number of alkyl carbamates (subject to hydrolysis) is 1. The summed E-state index contributed by atoms with van der Waals surface area (Å²) in [7, 11) is 0. The maximum absolute atomic E-state index is 12.1. The molecular weight excluding hydrogens is 552 g/mol. The smallest absolute Gasteiger partial charge is 0.407 e. The van der Waals surface area contributed by atoms with Crippen LogP contribution in [-0.2, 0) is 19.9 Å². The quantitative estimate of drug-likeness (QED) is 0.0774. The zero-order valence-corrected chi connectivity index (χ0v) is 24.6. The van der Waals surface area contributed by atoms with Crippen LogP contribution in [0.25, 0.3) is 0 Å². The molecule has 0 saturated heterocycles. The first-order valence-corrected chi connectivity index (χ1v) is 14.4. The van der Waals surface area contributed by atoms with Crippen molar-refractivity contribution in [3.05, 3.63) is 119 Å². The van der Waals surface area contributed by atoms with Gasteiger partial charge in [0.05, 0.1) is 0 Å². The number of carboxylic acids is 1. The zero-order valence-electron chi connectivity index (χ0n) is 23.7. The van der Waals surface area contributed by atoms with Gasteiger partial charge in [0.1, 0.15) is 23.4 Å². The Morgan fingerprint density at radius 1 is 0.881 bits per heavy atom. The second kappa shape index (κ2) is 13.8. The van der Waals surface area contributed by atoms with Crippen molar-refractivity contribution in [1.82, 2.24) is 10.3 Å². The summed E-state index contributed by atoms with van der Waals surface area (Å²) in [6.45, 7) is 5.73. The number of carbonyl (C=O) groups is 2. The number of thiazole rings is 1. The maximum Gasteiger partial charge on any atom is 0.407 e. The van der Waals surface area contributed by atoms with E-state index in [4.69, 9.17) is 9.57 Å². The van der Waals surface area contributed by atoms with Gasteiger partial charge in [-0.05, 0) is 37.5 Å². The van der Waals surface area contributed by atoms with E-state index in [1.165, 1.54) is 11.3 Å². The van der Waals surface area contributed by atoms with Crippen molar-refractivity contribution < 1.29 is 24.3 Å². The van der Waals surface area contributed by atoms with Crippen LogP contribution in [0.4, 0.5) is 9.93 Å². The zero-order chi connectivity index (χ0) is 30.0. The van der Waals surface area contributed by atoms with E-state index in [-0.39, 0.29) is 24.6 Å². The molecule has 42 heavy (non-hydrogen) atoms. The summed E-state index contributed by atoms with van der Waals surface area (Å²) in [6.07, 6.45) is -0.120. The average Bonchev–Trinajstić information content (AvgIpc) is 3.43. The lowest BCUT2D eigenvalue weighted by Crippen LogP contribution is -2.38. The van der Waals surface area contributed by atoms with Crippen molar-refractivity contribution >= 4 is 34.2 Å². The summed E-state index contributed by atoms with van der Waals surface area (Å²) in [5.74, 6) is -1.26. The van der Waals surface area contributed by atoms with Crippen molar-refractivity contribution in [1.29, 1.82) is 0 Å². The average molecular weight is 587 g/mol. The standard InChI is InChI=1S/C32H34N4O5S/c1-31(2,3)41-30(39)33-20-13-21-40-36-27(28(37)38)26-22-42-29(34-26)35-32(23-14-7-4-8-15-23,24-16-9-5-10-17-24)25-18-11-6-12-19-25/h4-12,14-19,22H,13,20-21H2,1-3H3,(H,33,39)(H,34,35)(H,37,38). The van der Waals surface area contributed by atoms with Crippen LogP contribution in [0.1, 0.15) is 49.6 Å². The van der Waals surface area contributed by atoms with E-state index >= 15 is 0 Å². The molecule has 0 fully saturated rings. The van der Waals surface area contributed by atoms with E-state index in [2.05, 4.69) is 57.2 Å². The Morgan fingerprint density at radius 2 is 1.40 bits per heavy atom. The molecule has 0 unspecified atom stereocenters. The molecule has 1 amide bonds. The number of rotatable bonds is 12. The first-order valence-electron chi connectivity index (χ1n) is 13.5. The summed E-state index contributed by atoms with van der Waals surface area (Å²) in [4.78, 5) is 33.7. The van der Waals surface area contributed by atoms with Crippen LogP contribution in [0.5, 0.6) is 0 Å². The number of hydrogen-bond acceptors (Lipinski definition) is 8. The van der Waals surface area contributed by atoms with Crippen molar-refractivity contribution in [2.24, 2.45) is 5.16 Å². The predicted octanol–water partition coefficient (Wildman–Crippen LogP) is 6.27. The van der Waals surface area contributed by atoms with E-state index in [0.717, 1.165) is 16.7 Å². The second-order valence-corrected chi connectivity index (χ2v) is 11.2. The molecule has 218 valence electrons. The molecule has 0 bridgehead atoms. The van der Waals surface area contributed by atoms with E-state index in [1.807, 2.05) is 54.6 Å². The van der Waals surface area contributed by atoms with Gasteiger partial charge in [-0.25, -0.2) is 14.6 Å². The van der Waals surface area contributed by atoms with Crippen LogP contribution in [0.15, 0.2) is 102 Å². The highest BCUT2D eigenvalue weighted by Gasteiger charge is 2.37. The SMILES string of the molecule is CC(C)(C)OC(=O)NCCCON=C(C(=O)O)c1csc(NC(c2ccccc2)(c2ccccc2)c2ccccc2)n1. The molecule has 4 rings (SSSR count). The molecule has 9 nitrogen and oxygen atoms in total. The van der Waals surface area contributed by atoms with Gasteiger partial charge in [-0.2, -0.15) is 0 Å². The lowest BCUT2D eigenvalue weighted by Gasteiger charge is -2.36. The monoisotopic (exact) mass is 586 g/mol. The number of ether oxygens (including phenoxy) is 1. The van der Waals surface area contributed by atoms with Crippen molar-refractivity contribution in [2.45, 2.75) is 38.3 Å². The first kappa shape index (κ1) is 30.3. The number of nitrogens with zero attached hydrogens (tertiary/aromatic N) is 2. The van der Waals surface area contributed by atoms with E-state index in [0.29, 0.717) is 11.6 Å². The van der Waals surface area contributed by atoms with Crippen LogP contribution in [-0.4, -0.2) is 46.6 Å². The molecule has 0 radical (unpaired) electrons. The molecule has 1 heterocycles. The fraction of sp³-hybridized carbons (Fsp3) is 0.250. The number of carbonyl (C=O) groups excluding carboxylic acids is 1. The van der Waals surface area contributed by atoms with Gasteiger partial charge >= 0.3 is 12.1 Å². The van der Waals surface area contributed by atoms with Gasteiger partial charge in [0, 0.05) is 18.3 Å². The Hall–Kier alpha value is -4.70. The molecule has 0 saturated carbocycles. The predicted molar refractivity (Wildman–Crippen MR) is 164 cm³/mol. The summed E-state index contributed by atoms with van der Waals surface area (Å²) in [6, 6.07) is 30.1. The molecule has 3 N–H and O–H groups in total. The summed E-state index contributed by atoms with van der Waals surface area (Å²) in [5.41, 5.74) is 1.44. The maximum atomic E-state index is 12.1.